The van der Waals surface area contributed by atoms with E-state index in [4.69, 9.17) is 4.74 Å². The number of carbonyl (C=O) groups excluding carboxylic acids is 2. The van der Waals surface area contributed by atoms with Crippen molar-refractivity contribution in [2.24, 2.45) is 5.41 Å². The molecule has 5 nitrogen and oxygen atoms in total. The van der Waals surface area contributed by atoms with E-state index >= 15 is 0 Å². The lowest BCUT2D eigenvalue weighted by molar-refractivity contribution is -0.160. The van der Waals surface area contributed by atoms with Crippen LogP contribution in [0.25, 0.3) is 0 Å². The molecule has 0 bridgehead atoms. The Kier molecular flexibility index (Phi) is 7.31. The van der Waals surface area contributed by atoms with Crippen LogP contribution in [0.1, 0.15) is 30.9 Å². The van der Waals surface area contributed by atoms with Crippen LogP contribution < -0.4 is 0 Å². The van der Waals surface area contributed by atoms with Crippen LogP contribution in [0.3, 0.4) is 0 Å². The van der Waals surface area contributed by atoms with Gasteiger partial charge < -0.3 is 9.64 Å². The Morgan fingerprint density at radius 2 is 1.97 bits per heavy atom. The molecule has 29 heavy (non-hydrogen) atoms. The molecule has 0 saturated carbocycles. The van der Waals surface area contributed by atoms with Crippen molar-refractivity contribution in [1.29, 1.82) is 0 Å². The molecule has 1 aromatic carbocycles. The van der Waals surface area contributed by atoms with Gasteiger partial charge in [-0.15, -0.1) is 11.8 Å². The fraction of sp³-hybridized carbons (Fsp3) is 0.435. The highest BCUT2D eigenvalue weighted by molar-refractivity contribution is 8.00. The van der Waals surface area contributed by atoms with Crippen molar-refractivity contribution in [2.75, 3.05) is 25.4 Å². The molecule has 2 aromatic rings. The van der Waals surface area contributed by atoms with E-state index in [1.54, 1.807) is 12.4 Å². The number of rotatable bonds is 7. The normalized spacial score (nSPS) is 19.0. The van der Waals surface area contributed by atoms with Gasteiger partial charge in [-0.1, -0.05) is 24.3 Å². The zero-order valence-corrected chi connectivity index (χ0v) is 17.9. The molecular weight excluding hydrogens is 384 g/mol. The predicted molar refractivity (Wildman–Crippen MR) is 115 cm³/mol. The third kappa shape index (κ3) is 5.38. The number of piperidine rings is 1. The van der Waals surface area contributed by atoms with Crippen molar-refractivity contribution in [3.63, 3.8) is 0 Å². The lowest BCUT2D eigenvalue weighted by Gasteiger charge is -2.41. The van der Waals surface area contributed by atoms with Crippen molar-refractivity contribution in [2.45, 2.75) is 38.0 Å². The van der Waals surface area contributed by atoms with Crippen molar-refractivity contribution >= 4 is 23.6 Å². The number of aromatic nitrogens is 1. The second-order valence-electron chi connectivity index (χ2n) is 7.49. The smallest absolute Gasteiger partial charge is 0.314 e. The zero-order valence-electron chi connectivity index (χ0n) is 17.1. The summed E-state index contributed by atoms with van der Waals surface area (Å²) < 4.78 is 5.47. The van der Waals surface area contributed by atoms with Crippen LogP contribution in [0.4, 0.5) is 0 Å². The van der Waals surface area contributed by atoms with Crippen LogP contribution in [0.15, 0.2) is 53.7 Å². The first-order chi connectivity index (χ1) is 14.0. The van der Waals surface area contributed by atoms with Crippen LogP contribution in [-0.2, 0) is 20.7 Å². The molecule has 1 saturated heterocycles. The van der Waals surface area contributed by atoms with Crippen molar-refractivity contribution in [3.8, 4) is 0 Å². The Bertz CT molecular complexity index is 843. The summed E-state index contributed by atoms with van der Waals surface area (Å²) in [6, 6.07) is 11.9. The van der Waals surface area contributed by atoms with E-state index in [9.17, 15) is 9.59 Å². The van der Waals surface area contributed by atoms with Gasteiger partial charge in [0.1, 0.15) is 0 Å². The van der Waals surface area contributed by atoms with E-state index in [1.807, 2.05) is 36.1 Å². The molecule has 154 valence electrons. The number of hydrogen-bond donors (Lipinski definition) is 0. The molecule has 1 atom stereocenters. The second kappa shape index (κ2) is 9.92. The first-order valence-electron chi connectivity index (χ1n) is 10.1. The molecule has 1 aromatic heterocycles. The molecule has 0 radical (unpaired) electrons. The summed E-state index contributed by atoms with van der Waals surface area (Å²) in [6.45, 7) is 5.34. The average Bonchev–Trinajstić information content (AvgIpc) is 2.75. The van der Waals surface area contributed by atoms with Crippen LogP contribution in [-0.4, -0.2) is 47.2 Å². The highest BCUT2D eigenvalue weighted by atomic mass is 32.2. The summed E-state index contributed by atoms with van der Waals surface area (Å²) in [5.41, 5.74) is 1.62. The minimum Gasteiger partial charge on any atom is -0.466 e. The van der Waals surface area contributed by atoms with Gasteiger partial charge in [-0.05, 0) is 56.4 Å². The molecule has 1 aliphatic rings. The first kappa shape index (κ1) is 21.4. The van der Waals surface area contributed by atoms with Gasteiger partial charge in [-0.2, -0.15) is 0 Å². The van der Waals surface area contributed by atoms with E-state index in [1.165, 1.54) is 11.8 Å². The molecule has 0 aliphatic carbocycles. The van der Waals surface area contributed by atoms with Crippen molar-refractivity contribution in [1.82, 2.24) is 9.88 Å². The van der Waals surface area contributed by atoms with Gasteiger partial charge in [0.05, 0.1) is 17.8 Å². The number of hydrogen-bond acceptors (Lipinski definition) is 5. The van der Waals surface area contributed by atoms with Crippen LogP contribution in [0.2, 0.25) is 0 Å². The first-order valence-corrected chi connectivity index (χ1v) is 11.0. The average molecular weight is 413 g/mol. The lowest BCUT2D eigenvalue weighted by Crippen LogP contribution is -2.52. The van der Waals surface area contributed by atoms with Gasteiger partial charge >= 0.3 is 5.97 Å². The van der Waals surface area contributed by atoms with E-state index < -0.39 is 5.41 Å². The van der Waals surface area contributed by atoms with Crippen LogP contribution >= 0.6 is 11.8 Å². The maximum absolute atomic E-state index is 13.0. The highest BCUT2D eigenvalue weighted by Gasteiger charge is 2.44. The molecule has 1 unspecified atom stereocenters. The number of pyridine rings is 1. The van der Waals surface area contributed by atoms with Gasteiger partial charge in [-0.25, -0.2) is 0 Å². The minimum atomic E-state index is -0.683. The summed E-state index contributed by atoms with van der Waals surface area (Å²) in [5.74, 6) is 0.223. The van der Waals surface area contributed by atoms with Crippen molar-refractivity contribution < 1.29 is 14.3 Å². The van der Waals surface area contributed by atoms with Gasteiger partial charge in [0, 0.05) is 30.4 Å². The van der Waals surface area contributed by atoms with Gasteiger partial charge in [-0.3, -0.25) is 14.6 Å². The number of benzene rings is 1. The third-order valence-electron chi connectivity index (χ3n) is 5.44. The Hall–Kier alpha value is -2.34. The fourth-order valence-electron chi connectivity index (χ4n) is 3.86. The standard InChI is InChI=1S/C23H28N2O3S/c1-3-28-22(27)23(15-19-8-5-4-7-18(19)2)11-6-14-25(17-23)21(26)16-29-20-9-12-24-13-10-20/h4-5,7-10,12-13H,3,6,11,14-17H2,1-2H3. The van der Waals surface area contributed by atoms with Crippen LogP contribution in [0, 0.1) is 12.3 Å². The molecule has 0 N–H and O–H groups in total. The second-order valence-corrected chi connectivity index (χ2v) is 8.54. The summed E-state index contributed by atoms with van der Waals surface area (Å²) in [6.07, 6.45) is 5.58. The Morgan fingerprint density at radius 1 is 1.21 bits per heavy atom. The largest absolute Gasteiger partial charge is 0.466 e. The number of aryl methyl sites for hydroxylation is 1. The Balaban J connectivity index is 1.75. The number of ether oxygens (including phenoxy) is 1. The van der Waals surface area contributed by atoms with Gasteiger partial charge in [0.25, 0.3) is 0 Å². The zero-order chi connectivity index (χ0) is 20.7. The molecule has 1 fully saturated rings. The Morgan fingerprint density at radius 3 is 2.69 bits per heavy atom. The highest BCUT2D eigenvalue weighted by Crippen LogP contribution is 2.36. The maximum atomic E-state index is 13.0. The molecule has 6 heteroatoms. The van der Waals surface area contributed by atoms with Crippen molar-refractivity contribution in [3.05, 3.63) is 59.9 Å². The molecule has 0 spiro atoms. The lowest BCUT2D eigenvalue weighted by atomic mass is 9.74. The summed E-state index contributed by atoms with van der Waals surface area (Å²) in [5, 5.41) is 0. The van der Waals surface area contributed by atoms with Gasteiger partial charge in [0.15, 0.2) is 0 Å². The number of carbonyl (C=O) groups is 2. The number of amides is 1. The SMILES string of the molecule is CCOC(=O)C1(Cc2ccccc2C)CCCN(C(=O)CSc2ccncc2)C1. The third-order valence-corrected chi connectivity index (χ3v) is 6.44. The van der Waals surface area contributed by atoms with E-state index in [2.05, 4.69) is 24.0 Å². The summed E-state index contributed by atoms with van der Waals surface area (Å²) in [4.78, 5) is 32.8. The van der Waals surface area contributed by atoms with Gasteiger partial charge in [0.2, 0.25) is 5.91 Å². The number of esters is 1. The molecule has 2 heterocycles. The predicted octanol–water partition coefficient (Wildman–Crippen LogP) is 3.90. The molecule has 3 rings (SSSR count). The topological polar surface area (TPSA) is 59.5 Å². The van der Waals surface area contributed by atoms with E-state index in [0.717, 1.165) is 28.9 Å². The van der Waals surface area contributed by atoms with E-state index in [-0.39, 0.29) is 11.9 Å². The summed E-state index contributed by atoms with van der Waals surface area (Å²) >= 11 is 1.50. The minimum absolute atomic E-state index is 0.0602. The number of likely N-dealkylation sites (tertiary alicyclic amines) is 1. The fourth-order valence-corrected chi connectivity index (χ4v) is 4.64. The van der Waals surface area contributed by atoms with Crippen LogP contribution in [0.5, 0.6) is 0 Å². The molecule has 1 aliphatic heterocycles. The quantitative estimate of drug-likeness (QED) is 0.510. The monoisotopic (exact) mass is 412 g/mol. The Labute approximate surface area is 176 Å². The number of nitrogens with zero attached hydrogens (tertiary/aromatic N) is 2. The molecular formula is C23H28N2O3S. The number of thioether (sulfide) groups is 1. The molecule has 1 amide bonds. The maximum Gasteiger partial charge on any atom is 0.314 e. The van der Waals surface area contributed by atoms with E-state index in [0.29, 0.717) is 31.9 Å². The summed E-state index contributed by atoms with van der Waals surface area (Å²) in [7, 11) is 0.